The minimum Gasteiger partial charge on any atom is -0.422 e. The van der Waals surface area contributed by atoms with Crippen molar-refractivity contribution >= 4 is 22.8 Å². The van der Waals surface area contributed by atoms with Crippen LogP contribution in [0.3, 0.4) is 0 Å². The second-order valence-corrected chi connectivity index (χ2v) is 8.07. The number of fused-ring (bicyclic) bond motifs is 1. The molecule has 1 fully saturated rings. The minimum absolute atomic E-state index is 0.00653. The van der Waals surface area contributed by atoms with Crippen molar-refractivity contribution in [2.24, 2.45) is 5.92 Å². The van der Waals surface area contributed by atoms with Gasteiger partial charge >= 0.3 is 5.63 Å². The zero-order valence-corrected chi connectivity index (χ0v) is 17.6. The van der Waals surface area contributed by atoms with Crippen molar-refractivity contribution in [2.75, 3.05) is 19.6 Å². The normalized spacial score (nSPS) is 14.5. The first-order valence-corrected chi connectivity index (χ1v) is 10.7. The summed E-state index contributed by atoms with van der Waals surface area (Å²) in [6.45, 7) is 3.61. The van der Waals surface area contributed by atoms with Crippen LogP contribution in [0.2, 0.25) is 0 Å². The second kappa shape index (κ2) is 9.16. The molecule has 6 nitrogen and oxygen atoms in total. The summed E-state index contributed by atoms with van der Waals surface area (Å²) in [5, 5.41) is 3.68. The molecule has 0 atom stereocenters. The van der Waals surface area contributed by atoms with Gasteiger partial charge in [-0.1, -0.05) is 30.3 Å². The van der Waals surface area contributed by atoms with E-state index in [0.29, 0.717) is 47.8 Å². The molecule has 1 saturated heterocycles. The van der Waals surface area contributed by atoms with Crippen LogP contribution in [0.15, 0.2) is 63.8 Å². The molecule has 1 aliphatic rings. The third kappa shape index (κ3) is 4.85. The molecule has 31 heavy (non-hydrogen) atoms. The number of hydrogen-bond donors (Lipinski definition) is 1. The summed E-state index contributed by atoms with van der Waals surface area (Å²) in [6, 6.07) is 16.4. The Labute approximate surface area is 180 Å². The Hall–Kier alpha value is -3.41. The van der Waals surface area contributed by atoms with Gasteiger partial charge < -0.3 is 14.6 Å². The summed E-state index contributed by atoms with van der Waals surface area (Å²) >= 11 is 0. The van der Waals surface area contributed by atoms with Gasteiger partial charge in [0.2, 0.25) is 5.91 Å². The monoisotopic (exact) mass is 418 g/mol. The molecule has 0 aliphatic carbocycles. The summed E-state index contributed by atoms with van der Waals surface area (Å²) in [6.07, 6.45) is 2.80. The quantitative estimate of drug-likeness (QED) is 0.639. The fourth-order valence-corrected chi connectivity index (χ4v) is 4.14. The van der Waals surface area contributed by atoms with Crippen LogP contribution >= 0.6 is 0 Å². The van der Waals surface area contributed by atoms with E-state index in [1.807, 2.05) is 35.2 Å². The molecule has 2 amide bonds. The zero-order valence-electron chi connectivity index (χ0n) is 17.6. The van der Waals surface area contributed by atoms with Crippen LogP contribution in [0.4, 0.5) is 0 Å². The number of rotatable bonds is 5. The smallest absolute Gasteiger partial charge is 0.344 e. The number of carbonyl (C=O) groups is 2. The summed E-state index contributed by atoms with van der Waals surface area (Å²) in [7, 11) is 0. The van der Waals surface area contributed by atoms with Crippen molar-refractivity contribution in [2.45, 2.75) is 26.2 Å². The molecular formula is C25H26N2O4. The van der Waals surface area contributed by atoms with Crippen molar-refractivity contribution < 1.29 is 14.0 Å². The first-order valence-electron chi connectivity index (χ1n) is 10.7. The van der Waals surface area contributed by atoms with Gasteiger partial charge in [0.15, 0.2) is 0 Å². The largest absolute Gasteiger partial charge is 0.422 e. The maximum Gasteiger partial charge on any atom is 0.344 e. The molecular weight excluding hydrogens is 392 g/mol. The van der Waals surface area contributed by atoms with Crippen LogP contribution in [0.1, 0.15) is 36.5 Å². The van der Waals surface area contributed by atoms with Gasteiger partial charge in [-0.25, -0.2) is 4.79 Å². The van der Waals surface area contributed by atoms with Gasteiger partial charge in [-0.2, -0.15) is 0 Å². The zero-order chi connectivity index (χ0) is 21.8. The highest BCUT2D eigenvalue weighted by Gasteiger charge is 2.24. The highest BCUT2D eigenvalue weighted by Crippen LogP contribution is 2.25. The molecule has 4 rings (SSSR count). The van der Waals surface area contributed by atoms with E-state index in [1.165, 1.54) is 6.92 Å². The van der Waals surface area contributed by atoms with Crippen molar-refractivity contribution in [3.8, 4) is 11.1 Å². The van der Waals surface area contributed by atoms with Gasteiger partial charge in [-0.3, -0.25) is 9.59 Å². The maximum absolute atomic E-state index is 13.1. The van der Waals surface area contributed by atoms with Crippen LogP contribution in [0.5, 0.6) is 0 Å². The summed E-state index contributed by atoms with van der Waals surface area (Å²) in [5.74, 6) is 0.491. The van der Waals surface area contributed by atoms with E-state index in [9.17, 15) is 14.4 Å². The first-order chi connectivity index (χ1) is 15.0. The molecule has 160 valence electrons. The van der Waals surface area contributed by atoms with Crippen molar-refractivity contribution in [3.63, 3.8) is 0 Å². The number of carbonyl (C=O) groups excluding carboxylic acids is 2. The van der Waals surface area contributed by atoms with Gasteiger partial charge in [0.25, 0.3) is 5.91 Å². The lowest BCUT2D eigenvalue weighted by atomic mass is 9.93. The van der Waals surface area contributed by atoms with Crippen molar-refractivity contribution in [1.29, 1.82) is 0 Å². The first kappa shape index (κ1) is 20.8. The average molecular weight is 418 g/mol. The Morgan fingerprint density at radius 2 is 1.84 bits per heavy atom. The predicted octanol–water partition coefficient (Wildman–Crippen LogP) is 3.84. The van der Waals surface area contributed by atoms with Crippen LogP contribution in [0.25, 0.3) is 22.1 Å². The van der Waals surface area contributed by atoms with E-state index in [0.717, 1.165) is 24.6 Å². The van der Waals surface area contributed by atoms with E-state index < -0.39 is 5.63 Å². The highest BCUT2D eigenvalue weighted by atomic mass is 16.4. The SMILES string of the molecule is CC(=O)NCCC1CCN(C(=O)c2cccc(-c3cc4ccccc4oc3=O)c2)CC1. The number of likely N-dealkylation sites (tertiary alicyclic amines) is 1. The topological polar surface area (TPSA) is 79.6 Å². The maximum atomic E-state index is 13.1. The number of amides is 2. The van der Waals surface area contributed by atoms with Crippen molar-refractivity contribution in [1.82, 2.24) is 10.2 Å². The molecule has 0 spiro atoms. The van der Waals surface area contributed by atoms with Gasteiger partial charge in [0, 0.05) is 37.5 Å². The number of piperidine rings is 1. The van der Waals surface area contributed by atoms with Crippen LogP contribution in [-0.2, 0) is 4.79 Å². The Balaban J connectivity index is 1.47. The molecule has 1 aromatic heterocycles. The summed E-state index contributed by atoms with van der Waals surface area (Å²) in [4.78, 5) is 38.4. The van der Waals surface area contributed by atoms with Crippen LogP contribution < -0.4 is 10.9 Å². The summed E-state index contributed by atoms with van der Waals surface area (Å²) < 4.78 is 5.45. The van der Waals surface area contributed by atoms with E-state index in [2.05, 4.69) is 5.32 Å². The Bertz CT molecular complexity index is 1160. The fourth-order valence-electron chi connectivity index (χ4n) is 4.14. The molecule has 2 heterocycles. The standard InChI is InChI=1S/C25H26N2O4/c1-17(28)26-12-9-18-10-13-27(14-11-18)24(29)21-7-4-6-19(15-21)22-16-20-5-2-3-8-23(20)31-25(22)30/h2-8,15-16,18H,9-14H2,1H3,(H,26,28). The second-order valence-electron chi connectivity index (χ2n) is 8.07. The molecule has 2 aromatic carbocycles. The summed E-state index contributed by atoms with van der Waals surface area (Å²) in [5.41, 5.74) is 1.83. The minimum atomic E-state index is -0.414. The third-order valence-electron chi connectivity index (χ3n) is 5.89. The van der Waals surface area contributed by atoms with Gasteiger partial charge in [0.05, 0.1) is 5.56 Å². The van der Waals surface area contributed by atoms with Gasteiger partial charge in [-0.05, 0) is 55.0 Å². The molecule has 1 N–H and O–H groups in total. The molecule has 0 unspecified atom stereocenters. The van der Waals surface area contributed by atoms with Gasteiger partial charge in [0.1, 0.15) is 5.58 Å². The number of para-hydroxylation sites is 1. The third-order valence-corrected chi connectivity index (χ3v) is 5.89. The highest BCUT2D eigenvalue weighted by molar-refractivity contribution is 5.95. The molecule has 6 heteroatoms. The lowest BCUT2D eigenvalue weighted by Crippen LogP contribution is -2.39. The number of benzene rings is 2. The predicted molar refractivity (Wildman–Crippen MR) is 120 cm³/mol. The Kier molecular flexibility index (Phi) is 6.16. The molecule has 0 radical (unpaired) electrons. The Morgan fingerprint density at radius 1 is 1.06 bits per heavy atom. The van der Waals surface area contributed by atoms with E-state index in [4.69, 9.17) is 4.42 Å². The van der Waals surface area contributed by atoms with Crippen LogP contribution in [0, 0.1) is 5.92 Å². The van der Waals surface area contributed by atoms with E-state index >= 15 is 0 Å². The Morgan fingerprint density at radius 3 is 2.61 bits per heavy atom. The number of nitrogens with zero attached hydrogens (tertiary/aromatic N) is 1. The number of nitrogens with one attached hydrogen (secondary N) is 1. The fraction of sp³-hybridized carbons (Fsp3) is 0.320. The van der Waals surface area contributed by atoms with E-state index in [1.54, 1.807) is 24.3 Å². The lowest BCUT2D eigenvalue weighted by Gasteiger charge is -2.32. The molecule has 0 saturated carbocycles. The van der Waals surface area contributed by atoms with Gasteiger partial charge in [-0.15, -0.1) is 0 Å². The molecule has 3 aromatic rings. The molecule has 1 aliphatic heterocycles. The molecule has 0 bridgehead atoms. The van der Waals surface area contributed by atoms with Crippen LogP contribution in [-0.4, -0.2) is 36.3 Å². The average Bonchev–Trinajstić information content (AvgIpc) is 2.78. The lowest BCUT2D eigenvalue weighted by molar-refractivity contribution is -0.119. The number of hydrogen-bond acceptors (Lipinski definition) is 4. The van der Waals surface area contributed by atoms with E-state index in [-0.39, 0.29) is 11.8 Å². The van der Waals surface area contributed by atoms with Crippen molar-refractivity contribution in [3.05, 3.63) is 70.6 Å².